The number of amides is 1. The number of fused-ring (bicyclic) bond motifs is 6. The monoisotopic (exact) mass is 604 g/mol. The predicted molar refractivity (Wildman–Crippen MR) is 162 cm³/mol. The first-order valence-corrected chi connectivity index (χ1v) is 14.2. The molecular formula is C34H25BrN2O4. The van der Waals surface area contributed by atoms with E-state index in [1.807, 2.05) is 77.7 Å². The van der Waals surface area contributed by atoms with Gasteiger partial charge in [-0.25, -0.2) is 0 Å². The first-order chi connectivity index (χ1) is 19.9. The number of halogens is 1. The van der Waals surface area contributed by atoms with Crippen molar-refractivity contribution in [3.63, 3.8) is 0 Å². The molecule has 4 atom stereocenters. The van der Waals surface area contributed by atoms with Crippen molar-refractivity contribution in [2.45, 2.75) is 17.5 Å². The number of nitrogens with one attached hydrogen (secondary N) is 1. The zero-order valence-electron chi connectivity index (χ0n) is 22.1. The molecule has 1 N–H and O–H groups in total. The van der Waals surface area contributed by atoms with Crippen LogP contribution < -0.4 is 15.0 Å². The molecular weight excluding hydrogens is 580 g/mol. The van der Waals surface area contributed by atoms with Gasteiger partial charge in [0.1, 0.15) is 17.2 Å². The number of carbonyl (C=O) groups is 3. The predicted octanol–water partition coefficient (Wildman–Crippen LogP) is 6.31. The summed E-state index contributed by atoms with van der Waals surface area (Å²) >= 11 is 3.46. The zero-order valence-corrected chi connectivity index (χ0v) is 23.7. The number of para-hydroxylation sites is 2. The third-order valence-corrected chi connectivity index (χ3v) is 9.12. The Balaban J connectivity index is 1.52. The first kappa shape index (κ1) is 25.5. The van der Waals surface area contributed by atoms with E-state index in [1.54, 1.807) is 43.5 Å². The molecule has 1 spiro atoms. The second-order valence-electron chi connectivity index (χ2n) is 10.5. The Hall–Kier alpha value is -4.49. The number of hydrogen-bond donors (Lipinski definition) is 1. The van der Waals surface area contributed by atoms with Crippen molar-refractivity contribution >= 4 is 50.9 Å². The molecule has 41 heavy (non-hydrogen) atoms. The lowest BCUT2D eigenvalue weighted by atomic mass is 9.64. The molecule has 0 saturated carbocycles. The maximum atomic E-state index is 14.8. The van der Waals surface area contributed by atoms with Gasteiger partial charge in [0.15, 0.2) is 11.6 Å². The van der Waals surface area contributed by atoms with Crippen LogP contribution in [0.25, 0.3) is 6.08 Å². The van der Waals surface area contributed by atoms with E-state index in [-0.39, 0.29) is 17.5 Å². The highest BCUT2D eigenvalue weighted by Crippen LogP contribution is 2.58. The Labute approximate surface area is 245 Å². The number of carbonyl (C=O) groups excluding carboxylic acids is 3. The van der Waals surface area contributed by atoms with Gasteiger partial charge in [-0.1, -0.05) is 76.6 Å². The lowest BCUT2D eigenvalue weighted by Crippen LogP contribution is -2.51. The van der Waals surface area contributed by atoms with Gasteiger partial charge in [0, 0.05) is 27.0 Å². The molecule has 7 rings (SSSR count). The topological polar surface area (TPSA) is 75.7 Å². The molecule has 0 radical (unpaired) electrons. The van der Waals surface area contributed by atoms with Gasteiger partial charge >= 0.3 is 0 Å². The van der Waals surface area contributed by atoms with Gasteiger partial charge in [0.2, 0.25) is 5.91 Å². The Kier molecular flexibility index (Phi) is 5.94. The number of rotatable bonds is 5. The number of ether oxygens (including phenoxy) is 1. The van der Waals surface area contributed by atoms with Crippen LogP contribution in [-0.2, 0) is 10.2 Å². The van der Waals surface area contributed by atoms with Crippen molar-refractivity contribution < 1.29 is 19.1 Å². The van der Waals surface area contributed by atoms with Crippen LogP contribution in [0.4, 0.5) is 11.4 Å². The fraction of sp³-hybridized carbons (Fsp3) is 0.147. The van der Waals surface area contributed by atoms with Gasteiger partial charge < -0.3 is 15.0 Å². The minimum atomic E-state index is -1.34. The SMILES string of the molecule is COc1ccc(C(=O)[C@@H]2[C@H](C(=O)c3ccc(Br)cc3)N3c4ccccc4C=C[C@@H]3[C@@]23C(=O)Nc2ccccc23)cc1. The first-order valence-electron chi connectivity index (χ1n) is 13.4. The number of methoxy groups -OCH3 is 1. The summed E-state index contributed by atoms with van der Waals surface area (Å²) in [6.07, 6.45) is 3.97. The van der Waals surface area contributed by atoms with Crippen LogP contribution in [-0.4, -0.2) is 36.7 Å². The van der Waals surface area contributed by atoms with Crippen LogP contribution in [0.1, 0.15) is 31.8 Å². The molecule has 0 unspecified atom stereocenters. The molecule has 6 nitrogen and oxygen atoms in total. The fourth-order valence-corrected chi connectivity index (χ4v) is 7.10. The van der Waals surface area contributed by atoms with Crippen molar-refractivity contribution in [2.24, 2.45) is 5.92 Å². The Morgan fingerprint density at radius 2 is 1.51 bits per heavy atom. The minimum absolute atomic E-state index is 0.214. The van der Waals surface area contributed by atoms with Crippen molar-refractivity contribution in [3.05, 3.63) is 130 Å². The lowest BCUT2D eigenvalue weighted by Gasteiger charge is -2.37. The second-order valence-corrected chi connectivity index (χ2v) is 11.4. The van der Waals surface area contributed by atoms with Crippen LogP contribution >= 0.6 is 15.9 Å². The summed E-state index contributed by atoms with van der Waals surface area (Å²) < 4.78 is 6.17. The summed E-state index contributed by atoms with van der Waals surface area (Å²) in [6.45, 7) is 0. The molecule has 4 aromatic carbocycles. The van der Waals surface area contributed by atoms with Gasteiger partial charge in [0.25, 0.3) is 0 Å². The van der Waals surface area contributed by atoms with Crippen LogP contribution in [0.5, 0.6) is 5.75 Å². The van der Waals surface area contributed by atoms with E-state index in [0.29, 0.717) is 22.6 Å². The minimum Gasteiger partial charge on any atom is -0.497 e. The third-order valence-electron chi connectivity index (χ3n) is 8.60. The van der Waals surface area contributed by atoms with E-state index in [1.165, 1.54) is 0 Å². The van der Waals surface area contributed by atoms with E-state index in [0.717, 1.165) is 21.3 Å². The molecule has 7 heteroatoms. The largest absolute Gasteiger partial charge is 0.497 e. The summed E-state index contributed by atoms with van der Waals surface area (Å²) in [4.78, 5) is 45.8. The molecule has 202 valence electrons. The summed E-state index contributed by atoms with van der Waals surface area (Å²) in [6, 6.07) is 27.8. The molecule has 3 heterocycles. The Morgan fingerprint density at radius 1 is 0.854 bits per heavy atom. The highest BCUT2D eigenvalue weighted by molar-refractivity contribution is 9.10. The highest BCUT2D eigenvalue weighted by Gasteiger charge is 2.70. The van der Waals surface area contributed by atoms with E-state index in [2.05, 4.69) is 21.2 Å². The van der Waals surface area contributed by atoms with Crippen molar-refractivity contribution in [1.29, 1.82) is 0 Å². The van der Waals surface area contributed by atoms with Gasteiger partial charge in [-0.2, -0.15) is 0 Å². The number of anilines is 2. The standard InChI is InChI=1S/C34H25BrN2O4/c1-41-24-17-12-21(13-18-24)31(38)29-30(32(39)22-10-15-23(35)16-11-22)37-27-9-5-2-6-20(27)14-19-28(37)34(29)25-7-3-4-8-26(25)36-33(34)40/h2-19,28-30H,1H3,(H,36,40)/t28-,29+,30-,34-/m1/s1. The van der Waals surface area contributed by atoms with E-state index in [4.69, 9.17) is 4.74 Å². The number of hydrogen-bond acceptors (Lipinski definition) is 5. The molecule has 0 bridgehead atoms. The number of Topliss-reactive ketones (excluding diaryl/α,β-unsaturated/α-hetero) is 2. The Bertz CT molecular complexity index is 1750. The summed E-state index contributed by atoms with van der Waals surface area (Å²) in [5.41, 5.74) is 2.68. The van der Waals surface area contributed by atoms with Gasteiger partial charge in [-0.15, -0.1) is 0 Å². The van der Waals surface area contributed by atoms with Crippen molar-refractivity contribution in [2.75, 3.05) is 17.3 Å². The van der Waals surface area contributed by atoms with Crippen molar-refractivity contribution in [1.82, 2.24) is 0 Å². The van der Waals surface area contributed by atoms with Crippen LogP contribution in [0.3, 0.4) is 0 Å². The van der Waals surface area contributed by atoms with Gasteiger partial charge in [-0.3, -0.25) is 14.4 Å². The van der Waals surface area contributed by atoms with Gasteiger partial charge in [0.05, 0.1) is 19.1 Å². The average Bonchev–Trinajstić information content (AvgIpc) is 3.49. The number of ketones is 2. The smallest absolute Gasteiger partial charge is 0.238 e. The molecule has 0 aromatic heterocycles. The molecule has 1 saturated heterocycles. The number of nitrogens with zero attached hydrogens (tertiary/aromatic N) is 1. The van der Waals surface area contributed by atoms with Crippen molar-refractivity contribution in [3.8, 4) is 5.75 Å². The normalized spacial score (nSPS) is 23.5. The maximum Gasteiger partial charge on any atom is 0.238 e. The van der Waals surface area contributed by atoms with E-state index >= 15 is 0 Å². The molecule has 3 aliphatic heterocycles. The molecule has 0 aliphatic carbocycles. The lowest BCUT2D eigenvalue weighted by molar-refractivity contribution is -0.121. The second kappa shape index (κ2) is 9.56. The molecule has 4 aromatic rings. The van der Waals surface area contributed by atoms with Gasteiger partial charge in [-0.05, 0) is 59.7 Å². The quantitative estimate of drug-likeness (QED) is 0.270. The van der Waals surface area contributed by atoms with Crippen LogP contribution in [0.2, 0.25) is 0 Å². The third kappa shape index (κ3) is 3.65. The van der Waals surface area contributed by atoms with Crippen LogP contribution in [0, 0.1) is 5.92 Å². The van der Waals surface area contributed by atoms with Crippen LogP contribution in [0.15, 0.2) is 108 Å². The molecule has 3 aliphatic rings. The fourth-order valence-electron chi connectivity index (χ4n) is 6.84. The maximum absolute atomic E-state index is 14.8. The Morgan fingerprint density at radius 3 is 2.27 bits per heavy atom. The summed E-state index contributed by atoms with van der Waals surface area (Å²) in [5.74, 6) is -1.17. The van der Waals surface area contributed by atoms with E-state index in [9.17, 15) is 14.4 Å². The highest BCUT2D eigenvalue weighted by atomic mass is 79.9. The zero-order chi connectivity index (χ0) is 28.3. The number of benzene rings is 4. The van der Waals surface area contributed by atoms with E-state index < -0.39 is 23.4 Å². The summed E-state index contributed by atoms with van der Waals surface area (Å²) in [7, 11) is 1.57. The average molecular weight is 605 g/mol. The molecule has 1 amide bonds. The molecule has 1 fully saturated rings. The summed E-state index contributed by atoms with van der Waals surface area (Å²) in [5, 5.41) is 3.06.